The van der Waals surface area contributed by atoms with E-state index in [9.17, 15) is 4.79 Å². The molecule has 2 rings (SSSR count). The Balaban J connectivity index is 0.000000745. The van der Waals surface area contributed by atoms with E-state index in [0.717, 1.165) is 31.3 Å². The van der Waals surface area contributed by atoms with Crippen molar-refractivity contribution in [2.45, 2.75) is 26.7 Å². The van der Waals surface area contributed by atoms with Gasteiger partial charge >= 0.3 is 0 Å². The zero-order valence-corrected chi connectivity index (χ0v) is 15.1. The number of nitrogens with one attached hydrogen (secondary N) is 1. The summed E-state index contributed by atoms with van der Waals surface area (Å²) in [5, 5.41) is 2.75. The van der Waals surface area contributed by atoms with E-state index in [-0.39, 0.29) is 0 Å². The zero-order chi connectivity index (χ0) is 16.4. The van der Waals surface area contributed by atoms with Crippen molar-refractivity contribution in [2.75, 3.05) is 66.5 Å². The normalized spacial score (nSPS) is 21.6. The zero-order valence-electron chi connectivity index (χ0n) is 15.1. The number of rotatable bonds is 5. The lowest BCUT2D eigenvalue weighted by molar-refractivity contribution is -0.119. The highest BCUT2D eigenvalue weighted by molar-refractivity contribution is 5.47. The Morgan fingerprint density at radius 3 is 1.95 bits per heavy atom. The van der Waals surface area contributed by atoms with Gasteiger partial charge in [0.2, 0.25) is 6.41 Å². The van der Waals surface area contributed by atoms with Crippen LogP contribution in [0, 0.1) is 11.8 Å². The Kier molecular flexibility index (Phi) is 9.68. The van der Waals surface area contributed by atoms with Crippen LogP contribution in [-0.2, 0) is 4.79 Å². The van der Waals surface area contributed by atoms with Crippen molar-refractivity contribution in [2.24, 2.45) is 11.8 Å². The molecular formula is C17H36N4O. The summed E-state index contributed by atoms with van der Waals surface area (Å²) in [6.45, 7) is 13.9. The molecule has 130 valence electrons. The first-order valence-corrected chi connectivity index (χ1v) is 8.81. The molecule has 0 spiro atoms. The van der Waals surface area contributed by atoms with Crippen molar-refractivity contribution in [3.8, 4) is 0 Å². The van der Waals surface area contributed by atoms with E-state index < -0.39 is 0 Å². The first-order chi connectivity index (χ1) is 10.6. The third-order valence-electron chi connectivity index (χ3n) is 4.40. The Labute approximate surface area is 137 Å². The number of piperidine rings is 1. The van der Waals surface area contributed by atoms with Crippen LogP contribution in [0.5, 0.6) is 0 Å². The molecule has 0 aliphatic carbocycles. The monoisotopic (exact) mass is 312 g/mol. The fourth-order valence-electron chi connectivity index (χ4n) is 3.28. The van der Waals surface area contributed by atoms with Gasteiger partial charge in [-0.25, -0.2) is 0 Å². The predicted molar refractivity (Wildman–Crippen MR) is 93.1 cm³/mol. The van der Waals surface area contributed by atoms with Crippen LogP contribution in [0.3, 0.4) is 0 Å². The molecular weight excluding hydrogens is 276 g/mol. The Morgan fingerprint density at radius 1 is 1.00 bits per heavy atom. The topological polar surface area (TPSA) is 38.8 Å². The lowest BCUT2D eigenvalue weighted by atomic mass is 9.96. The summed E-state index contributed by atoms with van der Waals surface area (Å²) in [6, 6.07) is 0. The molecule has 0 aromatic carbocycles. The van der Waals surface area contributed by atoms with Gasteiger partial charge in [-0.05, 0) is 38.8 Å². The molecule has 5 nitrogen and oxygen atoms in total. The maximum atomic E-state index is 10.7. The summed E-state index contributed by atoms with van der Waals surface area (Å²) in [7, 11) is 3.75. The summed E-state index contributed by atoms with van der Waals surface area (Å²) >= 11 is 0. The smallest absolute Gasteiger partial charge is 0.209 e. The molecule has 0 radical (unpaired) electrons. The van der Waals surface area contributed by atoms with E-state index in [2.05, 4.69) is 29.0 Å². The van der Waals surface area contributed by atoms with Crippen molar-refractivity contribution in [1.82, 2.24) is 20.0 Å². The number of carbonyl (C=O) groups is 1. The van der Waals surface area contributed by atoms with Crippen LogP contribution in [0.2, 0.25) is 0 Å². The summed E-state index contributed by atoms with van der Waals surface area (Å²) < 4.78 is 0. The fourth-order valence-corrected chi connectivity index (χ4v) is 3.28. The molecule has 0 aromatic heterocycles. The average Bonchev–Trinajstić information content (AvgIpc) is 2.50. The molecule has 2 aliphatic heterocycles. The maximum absolute atomic E-state index is 10.7. The molecule has 0 saturated carbocycles. The molecule has 0 atom stereocenters. The number of amides is 1. The van der Waals surface area contributed by atoms with Gasteiger partial charge in [0, 0.05) is 52.4 Å². The molecule has 2 heterocycles. The molecule has 1 N–H and O–H groups in total. The quantitative estimate of drug-likeness (QED) is 0.768. The number of likely N-dealkylation sites (tertiary alicyclic amines) is 1. The number of nitrogens with zero attached hydrogens (tertiary/aromatic N) is 3. The van der Waals surface area contributed by atoms with E-state index in [1.807, 2.05) is 19.0 Å². The van der Waals surface area contributed by atoms with Crippen LogP contribution >= 0.6 is 0 Å². The van der Waals surface area contributed by atoms with Gasteiger partial charge in [0.1, 0.15) is 0 Å². The van der Waals surface area contributed by atoms with Crippen LogP contribution in [0.15, 0.2) is 0 Å². The van der Waals surface area contributed by atoms with Gasteiger partial charge in [0.05, 0.1) is 0 Å². The van der Waals surface area contributed by atoms with Gasteiger partial charge in [-0.15, -0.1) is 0 Å². The Hall–Kier alpha value is -0.650. The summed E-state index contributed by atoms with van der Waals surface area (Å²) in [4.78, 5) is 17.8. The summed E-state index contributed by atoms with van der Waals surface area (Å²) in [5.41, 5.74) is 0. The van der Waals surface area contributed by atoms with E-state index >= 15 is 0 Å². The fraction of sp³-hybridized carbons (Fsp3) is 0.941. The number of piperazine rings is 1. The summed E-state index contributed by atoms with van der Waals surface area (Å²) in [6.07, 6.45) is 3.37. The molecule has 2 saturated heterocycles. The number of carbonyl (C=O) groups excluding carboxylic acids is 1. The third-order valence-corrected chi connectivity index (χ3v) is 4.40. The van der Waals surface area contributed by atoms with Crippen molar-refractivity contribution in [3.05, 3.63) is 0 Å². The van der Waals surface area contributed by atoms with Crippen molar-refractivity contribution >= 4 is 6.41 Å². The van der Waals surface area contributed by atoms with Crippen molar-refractivity contribution in [1.29, 1.82) is 0 Å². The minimum absolute atomic E-state index is 0.777. The number of hydrogen-bond donors (Lipinski definition) is 1. The van der Waals surface area contributed by atoms with Crippen LogP contribution in [0.4, 0.5) is 0 Å². The molecule has 1 amide bonds. The van der Waals surface area contributed by atoms with E-state index in [0.29, 0.717) is 0 Å². The molecule has 0 aromatic rings. The van der Waals surface area contributed by atoms with Crippen molar-refractivity contribution < 1.29 is 4.79 Å². The highest BCUT2D eigenvalue weighted by atomic mass is 16.1. The second kappa shape index (κ2) is 11.0. The van der Waals surface area contributed by atoms with Gasteiger partial charge in [-0.1, -0.05) is 13.8 Å². The van der Waals surface area contributed by atoms with Gasteiger partial charge in [0.25, 0.3) is 0 Å². The highest BCUT2D eigenvalue weighted by Crippen LogP contribution is 2.18. The highest BCUT2D eigenvalue weighted by Gasteiger charge is 2.23. The van der Waals surface area contributed by atoms with Gasteiger partial charge < -0.3 is 20.0 Å². The minimum Gasteiger partial charge on any atom is -0.345 e. The van der Waals surface area contributed by atoms with E-state index in [1.54, 1.807) is 0 Å². The number of hydrogen-bond acceptors (Lipinski definition) is 4. The van der Waals surface area contributed by atoms with Gasteiger partial charge in [-0.2, -0.15) is 0 Å². The second-order valence-corrected chi connectivity index (χ2v) is 7.08. The Bertz CT molecular complexity index is 282. The average molecular weight is 313 g/mol. The van der Waals surface area contributed by atoms with Crippen LogP contribution in [0.25, 0.3) is 0 Å². The van der Waals surface area contributed by atoms with Crippen LogP contribution < -0.4 is 5.32 Å². The van der Waals surface area contributed by atoms with Crippen molar-refractivity contribution in [3.63, 3.8) is 0 Å². The SMILES string of the molecule is CC(C)CN1CCN(CC2CCN(C=O)CC2)CC1.CNC. The molecule has 2 aliphatic rings. The van der Waals surface area contributed by atoms with E-state index in [1.165, 1.54) is 52.1 Å². The molecule has 22 heavy (non-hydrogen) atoms. The minimum atomic E-state index is 0.777. The second-order valence-electron chi connectivity index (χ2n) is 7.08. The molecule has 2 fully saturated rings. The lowest BCUT2D eigenvalue weighted by Gasteiger charge is -2.38. The first-order valence-electron chi connectivity index (χ1n) is 8.81. The molecule has 0 unspecified atom stereocenters. The summed E-state index contributed by atoms with van der Waals surface area (Å²) in [5.74, 6) is 1.58. The first kappa shape index (κ1) is 19.4. The van der Waals surface area contributed by atoms with Gasteiger partial charge in [0.15, 0.2) is 0 Å². The van der Waals surface area contributed by atoms with Crippen LogP contribution in [-0.4, -0.2) is 87.6 Å². The lowest BCUT2D eigenvalue weighted by Crippen LogP contribution is -2.49. The largest absolute Gasteiger partial charge is 0.345 e. The Morgan fingerprint density at radius 2 is 1.50 bits per heavy atom. The standard InChI is InChI=1S/C15H29N3O.C2H7N/c1-14(2)11-16-7-9-17(10-8-16)12-15-3-5-18(13-19)6-4-15;1-3-2/h13-15H,3-12H2,1-2H3;3H,1-2H3. The van der Waals surface area contributed by atoms with Gasteiger partial charge in [-0.3, -0.25) is 4.79 Å². The van der Waals surface area contributed by atoms with Crippen LogP contribution in [0.1, 0.15) is 26.7 Å². The molecule has 5 heteroatoms. The third kappa shape index (κ3) is 7.56. The predicted octanol–water partition coefficient (Wildman–Crippen LogP) is 0.964. The van der Waals surface area contributed by atoms with E-state index in [4.69, 9.17) is 0 Å². The molecule has 0 bridgehead atoms. The maximum Gasteiger partial charge on any atom is 0.209 e.